The number of nitrogens with zero attached hydrogens (tertiary/aromatic N) is 1. The van der Waals surface area contributed by atoms with E-state index in [2.05, 4.69) is 5.32 Å². The lowest BCUT2D eigenvalue weighted by Gasteiger charge is -2.34. The smallest absolute Gasteiger partial charge is 0.255 e. The Hall–Kier alpha value is -0.770. The zero-order valence-electron chi connectivity index (χ0n) is 10.6. The van der Waals surface area contributed by atoms with Gasteiger partial charge in [0.25, 0.3) is 5.91 Å². The molecule has 2 saturated heterocycles. The van der Waals surface area contributed by atoms with Crippen molar-refractivity contribution in [3.63, 3.8) is 0 Å². The van der Waals surface area contributed by atoms with Gasteiger partial charge in [-0.25, -0.2) is 0 Å². The number of hydrogen-bond acceptors (Lipinski definition) is 2. The zero-order valence-corrected chi connectivity index (χ0v) is 12.2. The average Bonchev–Trinajstić information content (AvgIpc) is 2.85. The van der Waals surface area contributed by atoms with Gasteiger partial charge in [-0.05, 0) is 43.5 Å². The van der Waals surface area contributed by atoms with Crippen molar-refractivity contribution in [3.05, 3.63) is 34.9 Å². The zero-order chi connectivity index (χ0) is 12.5. The molecule has 1 amide bonds. The third kappa shape index (κ3) is 2.88. The summed E-state index contributed by atoms with van der Waals surface area (Å²) in [6, 6.07) is 7.30. The van der Waals surface area contributed by atoms with Gasteiger partial charge in [0, 0.05) is 13.1 Å². The van der Waals surface area contributed by atoms with Crippen LogP contribution in [0, 0.1) is 11.8 Å². The molecule has 5 heteroatoms. The standard InChI is InChI=1S/C14H17ClN2O.ClH/c15-13-4-2-1-3-12(13)14(18)17-6-5-10-7-16-8-11(10)9-17;/h1-4,10-11,16H,5-9H2;1H. The summed E-state index contributed by atoms with van der Waals surface area (Å²) in [5.41, 5.74) is 0.628. The highest BCUT2D eigenvalue weighted by atomic mass is 35.5. The van der Waals surface area contributed by atoms with Crippen molar-refractivity contribution in [1.82, 2.24) is 10.2 Å². The van der Waals surface area contributed by atoms with Gasteiger partial charge in [0.2, 0.25) is 0 Å². The van der Waals surface area contributed by atoms with Gasteiger partial charge in [0.1, 0.15) is 0 Å². The number of hydrogen-bond donors (Lipinski definition) is 1. The molecule has 2 aliphatic rings. The molecule has 0 radical (unpaired) electrons. The summed E-state index contributed by atoms with van der Waals surface area (Å²) >= 11 is 6.09. The molecule has 2 atom stereocenters. The van der Waals surface area contributed by atoms with Crippen molar-refractivity contribution in [2.24, 2.45) is 11.8 Å². The number of piperidine rings is 1. The van der Waals surface area contributed by atoms with Crippen LogP contribution in [0.25, 0.3) is 0 Å². The van der Waals surface area contributed by atoms with E-state index < -0.39 is 0 Å². The highest BCUT2D eigenvalue weighted by molar-refractivity contribution is 6.33. The van der Waals surface area contributed by atoms with Crippen molar-refractivity contribution in [2.75, 3.05) is 26.2 Å². The Morgan fingerprint density at radius 2 is 2.00 bits per heavy atom. The number of benzene rings is 1. The van der Waals surface area contributed by atoms with Gasteiger partial charge in [-0.2, -0.15) is 0 Å². The fourth-order valence-electron chi connectivity index (χ4n) is 3.02. The van der Waals surface area contributed by atoms with E-state index in [9.17, 15) is 4.79 Å². The van der Waals surface area contributed by atoms with Crippen LogP contribution in [0.2, 0.25) is 5.02 Å². The van der Waals surface area contributed by atoms with E-state index in [1.165, 1.54) is 0 Å². The number of likely N-dealkylation sites (tertiary alicyclic amines) is 1. The first-order valence-corrected chi connectivity index (χ1v) is 6.88. The van der Waals surface area contributed by atoms with Crippen molar-refractivity contribution >= 4 is 29.9 Å². The molecule has 3 nitrogen and oxygen atoms in total. The fraction of sp³-hybridized carbons (Fsp3) is 0.500. The molecular formula is C14H18Cl2N2O. The van der Waals surface area contributed by atoms with Gasteiger partial charge in [-0.1, -0.05) is 23.7 Å². The second-order valence-corrected chi connectivity index (χ2v) is 5.61. The van der Waals surface area contributed by atoms with Crippen LogP contribution in [0.4, 0.5) is 0 Å². The van der Waals surface area contributed by atoms with E-state index in [0.29, 0.717) is 16.5 Å². The number of nitrogens with one attached hydrogen (secondary N) is 1. The molecule has 0 bridgehead atoms. The second-order valence-electron chi connectivity index (χ2n) is 5.20. The van der Waals surface area contributed by atoms with Crippen molar-refractivity contribution < 1.29 is 4.79 Å². The topological polar surface area (TPSA) is 32.3 Å². The molecule has 0 aliphatic carbocycles. The first-order valence-electron chi connectivity index (χ1n) is 6.50. The van der Waals surface area contributed by atoms with Gasteiger partial charge in [0.15, 0.2) is 0 Å². The summed E-state index contributed by atoms with van der Waals surface area (Å²) in [6.45, 7) is 3.87. The molecule has 0 aromatic heterocycles. The number of rotatable bonds is 1. The fourth-order valence-corrected chi connectivity index (χ4v) is 3.24. The molecule has 104 valence electrons. The Balaban J connectivity index is 0.00000133. The Kier molecular flexibility index (Phi) is 4.71. The molecule has 1 aromatic rings. The molecule has 19 heavy (non-hydrogen) atoms. The number of carbonyl (C=O) groups is 1. The van der Waals surface area contributed by atoms with Gasteiger partial charge < -0.3 is 10.2 Å². The van der Waals surface area contributed by atoms with E-state index in [1.54, 1.807) is 6.07 Å². The van der Waals surface area contributed by atoms with E-state index in [0.717, 1.165) is 38.5 Å². The van der Waals surface area contributed by atoms with Crippen LogP contribution in [0.15, 0.2) is 24.3 Å². The van der Waals surface area contributed by atoms with Crippen molar-refractivity contribution in [2.45, 2.75) is 6.42 Å². The van der Waals surface area contributed by atoms with Gasteiger partial charge in [-0.3, -0.25) is 4.79 Å². The van der Waals surface area contributed by atoms with E-state index in [4.69, 9.17) is 11.6 Å². The van der Waals surface area contributed by atoms with Gasteiger partial charge >= 0.3 is 0 Å². The molecule has 0 saturated carbocycles. The quantitative estimate of drug-likeness (QED) is 0.864. The molecule has 0 spiro atoms. The molecule has 1 N–H and O–H groups in total. The lowest BCUT2D eigenvalue weighted by Crippen LogP contribution is -2.43. The summed E-state index contributed by atoms with van der Waals surface area (Å²) in [5, 5.41) is 3.96. The van der Waals surface area contributed by atoms with E-state index in [-0.39, 0.29) is 18.3 Å². The Morgan fingerprint density at radius 1 is 1.26 bits per heavy atom. The summed E-state index contributed by atoms with van der Waals surface area (Å²) in [7, 11) is 0. The van der Waals surface area contributed by atoms with Crippen LogP contribution in [-0.4, -0.2) is 37.0 Å². The van der Waals surface area contributed by atoms with Crippen LogP contribution < -0.4 is 5.32 Å². The average molecular weight is 301 g/mol. The first kappa shape index (κ1) is 14.6. The van der Waals surface area contributed by atoms with Crippen LogP contribution in [0.5, 0.6) is 0 Å². The van der Waals surface area contributed by atoms with E-state index >= 15 is 0 Å². The number of carbonyl (C=O) groups excluding carboxylic acids is 1. The predicted molar refractivity (Wildman–Crippen MR) is 79.1 cm³/mol. The largest absolute Gasteiger partial charge is 0.338 e. The van der Waals surface area contributed by atoms with Crippen molar-refractivity contribution in [1.29, 1.82) is 0 Å². The molecule has 2 unspecified atom stereocenters. The lowest BCUT2D eigenvalue weighted by molar-refractivity contribution is 0.0642. The molecule has 2 aliphatic heterocycles. The summed E-state index contributed by atoms with van der Waals surface area (Å²) < 4.78 is 0. The summed E-state index contributed by atoms with van der Waals surface area (Å²) in [6.07, 6.45) is 1.11. The van der Waals surface area contributed by atoms with Gasteiger partial charge in [-0.15, -0.1) is 12.4 Å². The predicted octanol–water partition coefficient (Wildman–Crippen LogP) is 2.44. The molecule has 2 fully saturated rings. The minimum absolute atomic E-state index is 0. The maximum absolute atomic E-state index is 12.4. The molecule has 1 aromatic carbocycles. The second kappa shape index (κ2) is 6.12. The first-order chi connectivity index (χ1) is 8.75. The van der Waals surface area contributed by atoms with Gasteiger partial charge in [0.05, 0.1) is 10.6 Å². The summed E-state index contributed by atoms with van der Waals surface area (Å²) in [5.74, 6) is 1.44. The monoisotopic (exact) mass is 300 g/mol. The minimum Gasteiger partial charge on any atom is -0.338 e. The summed E-state index contributed by atoms with van der Waals surface area (Å²) in [4.78, 5) is 14.4. The normalized spacial score (nSPS) is 25.6. The SMILES string of the molecule is Cl.O=C(c1ccccc1Cl)N1CCC2CNCC2C1. The van der Waals surface area contributed by atoms with Crippen LogP contribution in [-0.2, 0) is 0 Å². The molecular weight excluding hydrogens is 283 g/mol. The van der Waals surface area contributed by atoms with Crippen LogP contribution in [0.1, 0.15) is 16.8 Å². The minimum atomic E-state index is 0. The number of fused-ring (bicyclic) bond motifs is 1. The van der Waals surface area contributed by atoms with E-state index in [1.807, 2.05) is 23.1 Å². The Morgan fingerprint density at radius 3 is 2.79 bits per heavy atom. The van der Waals surface area contributed by atoms with Crippen molar-refractivity contribution in [3.8, 4) is 0 Å². The maximum atomic E-state index is 12.4. The highest BCUT2D eigenvalue weighted by Gasteiger charge is 2.34. The lowest BCUT2D eigenvalue weighted by atomic mass is 9.88. The third-order valence-corrected chi connectivity index (χ3v) is 4.43. The Labute approximate surface area is 124 Å². The van der Waals surface area contributed by atoms with Crippen LogP contribution >= 0.6 is 24.0 Å². The maximum Gasteiger partial charge on any atom is 0.255 e. The molecule has 2 heterocycles. The highest BCUT2D eigenvalue weighted by Crippen LogP contribution is 2.28. The van der Waals surface area contributed by atoms with Crippen LogP contribution in [0.3, 0.4) is 0 Å². The number of halogens is 2. The molecule has 3 rings (SSSR count). The third-order valence-electron chi connectivity index (χ3n) is 4.10. The number of amides is 1. The Bertz CT molecular complexity index is 467.